The SMILES string of the molecule is CCCN(CC(=O)O)C(C(=O)Nc1ccc(OC)c(Cl)c1)c1ccccc1. The zero-order chi connectivity index (χ0) is 19.8. The summed E-state index contributed by atoms with van der Waals surface area (Å²) in [7, 11) is 1.51. The summed E-state index contributed by atoms with van der Waals surface area (Å²) in [5.41, 5.74) is 1.24. The van der Waals surface area contributed by atoms with Crippen LogP contribution in [0.3, 0.4) is 0 Å². The van der Waals surface area contributed by atoms with Crippen LogP contribution >= 0.6 is 11.6 Å². The fourth-order valence-electron chi connectivity index (χ4n) is 2.88. The Bertz CT molecular complexity index is 783. The molecule has 0 heterocycles. The number of aliphatic carboxylic acids is 1. The van der Waals surface area contributed by atoms with Crippen LogP contribution < -0.4 is 10.1 Å². The summed E-state index contributed by atoms with van der Waals surface area (Å²) in [6, 6.07) is 13.3. The average molecular weight is 391 g/mol. The molecule has 144 valence electrons. The molecule has 7 heteroatoms. The van der Waals surface area contributed by atoms with Crippen molar-refractivity contribution in [2.24, 2.45) is 0 Å². The van der Waals surface area contributed by atoms with Crippen molar-refractivity contribution >= 4 is 29.2 Å². The topological polar surface area (TPSA) is 78.9 Å². The standard InChI is InChI=1S/C20H23ClN2O4/c1-3-11-23(13-18(24)25)19(14-7-5-4-6-8-14)20(26)22-15-9-10-17(27-2)16(21)12-15/h4-10,12,19H,3,11,13H2,1-2H3,(H,22,26)(H,24,25). The molecule has 0 aliphatic rings. The molecule has 2 rings (SSSR count). The maximum Gasteiger partial charge on any atom is 0.317 e. The maximum absolute atomic E-state index is 13.1. The van der Waals surface area contributed by atoms with Gasteiger partial charge in [-0.3, -0.25) is 14.5 Å². The van der Waals surface area contributed by atoms with E-state index in [9.17, 15) is 14.7 Å². The number of carboxylic acid groups (broad SMARTS) is 1. The predicted molar refractivity (Wildman–Crippen MR) is 105 cm³/mol. The highest BCUT2D eigenvalue weighted by atomic mass is 35.5. The molecular formula is C20H23ClN2O4. The van der Waals surface area contributed by atoms with E-state index in [0.29, 0.717) is 23.0 Å². The van der Waals surface area contributed by atoms with Crippen LogP contribution in [0.4, 0.5) is 5.69 Å². The summed E-state index contributed by atoms with van der Waals surface area (Å²) in [5.74, 6) is -0.797. The van der Waals surface area contributed by atoms with Gasteiger partial charge in [-0.05, 0) is 36.7 Å². The van der Waals surface area contributed by atoms with Crippen molar-refractivity contribution in [3.63, 3.8) is 0 Å². The highest BCUT2D eigenvalue weighted by Crippen LogP contribution is 2.29. The molecule has 0 fully saturated rings. The van der Waals surface area contributed by atoms with E-state index in [1.54, 1.807) is 23.1 Å². The summed E-state index contributed by atoms with van der Waals surface area (Å²) < 4.78 is 5.12. The summed E-state index contributed by atoms with van der Waals surface area (Å²) in [5, 5.41) is 12.5. The zero-order valence-electron chi connectivity index (χ0n) is 15.3. The molecule has 0 bridgehead atoms. The number of benzene rings is 2. The van der Waals surface area contributed by atoms with E-state index < -0.39 is 12.0 Å². The van der Waals surface area contributed by atoms with Crippen molar-refractivity contribution in [3.05, 3.63) is 59.1 Å². The van der Waals surface area contributed by atoms with E-state index >= 15 is 0 Å². The van der Waals surface area contributed by atoms with Crippen molar-refractivity contribution in [1.29, 1.82) is 0 Å². The highest BCUT2D eigenvalue weighted by Gasteiger charge is 2.28. The molecule has 0 spiro atoms. The minimum atomic E-state index is -0.982. The monoisotopic (exact) mass is 390 g/mol. The minimum Gasteiger partial charge on any atom is -0.495 e. The van der Waals surface area contributed by atoms with E-state index in [2.05, 4.69) is 5.32 Å². The number of methoxy groups -OCH3 is 1. The molecule has 0 saturated heterocycles. The van der Waals surface area contributed by atoms with Gasteiger partial charge in [0.2, 0.25) is 5.91 Å². The normalized spacial score (nSPS) is 11.9. The summed E-state index contributed by atoms with van der Waals surface area (Å²) >= 11 is 6.13. The molecule has 1 amide bonds. The smallest absolute Gasteiger partial charge is 0.317 e. The van der Waals surface area contributed by atoms with Crippen LogP contribution in [0.5, 0.6) is 5.75 Å². The molecular weight excluding hydrogens is 368 g/mol. The Morgan fingerprint density at radius 1 is 1.22 bits per heavy atom. The lowest BCUT2D eigenvalue weighted by Gasteiger charge is -2.29. The first-order valence-corrected chi connectivity index (χ1v) is 8.99. The Balaban J connectivity index is 2.32. The molecule has 0 saturated carbocycles. The van der Waals surface area contributed by atoms with E-state index in [4.69, 9.17) is 16.3 Å². The highest BCUT2D eigenvalue weighted by molar-refractivity contribution is 6.32. The largest absolute Gasteiger partial charge is 0.495 e. The van der Waals surface area contributed by atoms with Crippen LogP contribution in [0.15, 0.2) is 48.5 Å². The second-order valence-corrected chi connectivity index (χ2v) is 6.42. The van der Waals surface area contributed by atoms with Gasteiger partial charge in [0.05, 0.1) is 18.7 Å². The molecule has 1 unspecified atom stereocenters. The third kappa shape index (κ3) is 5.70. The van der Waals surface area contributed by atoms with Crippen molar-refractivity contribution in [1.82, 2.24) is 4.90 Å². The third-order valence-corrected chi connectivity index (χ3v) is 4.29. The van der Waals surface area contributed by atoms with Crippen LogP contribution in [0, 0.1) is 0 Å². The van der Waals surface area contributed by atoms with Crippen molar-refractivity contribution < 1.29 is 19.4 Å². The molecule has 0 radical (unpaired) electrons. The Labute approximate surface area is 163 Å². The summed E-state index contributed by atoms with van der Waals surface area (Å²) in [6.07, 6.45) is 0.720. The number of nitrogens with one attached hydrogen (secondary N) is 1. The lowest BCUT2D eigenvalue weighted by Crippen LogP contribution is -2.40. The fraction of sp³-hybridized carbons (Fsp3) is 0.300. The average Bonchev–Trinajstić information content (AvgIpc) is 2.62. The Morgan fingerprint density at radius 2 is 1.93 bits per heavy atom. The number of nitrogens with zero attached hydrogens (tertiary/aromatic N) is 1. The van der Waals surface area contributed by atoms with Crippen LogP contribution in [0.1, 0.15) is 24.9 Å². The van der Waals surface area contributed by atoms with Gasteiger partial charge in [-0.2, -0.15) is 0 Å². The summed E-state index contributed by atoms with van der Waals surface area (Å²) in [6.45, 7) is 2.19. The molecule has 0 aromatic heterocycles. The van der Waals surface area contributed by atoms with Gasteiger partial charge < -0.3 is 15.2 Å². The van der Waals surface area contributed by atoms with Crippen LogP contribution in [0.25, 0.3) is 0 Å². The van der Waals surface area contributed by atoms with E-state index in [1.807, 2.05) is 37.3 Å². The molecule has 1 atom stereocenters. The number of amides is 1. The van der Waals surface area contributed by atoms with E-state index in [-0.39, 0.29) is 12.5 Å². The van der Waals surface area contributed by atoms with Crippen molar-refractivity contribution in [2.45, 2.75) is 19.4 Å². The first-order valence-electron chi connectivity index (χ1n) is 8.61. The molecule has 0 aliphatic heterocycles. The molecule has 0 aliphatic carbocycles. The van der Waals surface area contributed by atoms with Gasteiger partial charge in [0, 0.05) is 5.69 Å². The molecule has 2 aromatic carbocycles. The van der Waals surface area contributed by atoms with E-state index in [0.717, 1.165) is 12.0 Å². The van der Waals surface area contributed by atoms with Gasteiger partial charge in [-0.25, -0.2) is 0 Å². The molecule has 2 aromatic rings. The van der Waals surface area contributed by atoms with Crippen molar-refractivity contribution in [2.75, 3.05) is 25.5 Å². The number of carbonyl (C=O) groups excluding carboxylic acids is 1. The quantitative estimate of drug-likeness (QED) is 0.680. The molecule has 2 N–H and O–H groups in total. The molecule has 27 heavy (non-hydrogen) atoms. The zero-order valence-corrected chi connectivity index (χ0v) is 16.1. The number of hydrogen-bond acceptors (Lipinski definition) is 4. The summed E-state index contributed by atoms with van der Waals surface area (Å²) in [4.78, 5) is 26.0. The number of rotatable bonds is 9. The first-order chi connectivity index (χ1) is 13.0. The second kappa shape index (κ2) is 9.94. The Hall–Kier alpha value is -2.57. The minimum absolute atomic E-state index is 0.232. The number of anilines is 1. The van der Waals surface area contributed by atoms with Crippen molar-refractivity contribution in [3.8, 4) is 5.75 Å². The van der Waals surface area contributed by atoms with Gasteiger partial charge in [0.15, 0.2) is 0 Å². The number of carbonyl (C=O) groups is 2. The van der Waals surface area contributed by atoms with Gasteiger partial charge >= 0.3 is 5.97 Å². The van der Waals surface area contributed by atoms with E-state index in [1.165, 1.54) is 7.11 Å². The number of hydrogen-bond donors (Lipinski definition) is 2. The number of halogens is 1. The van der Waals surface area contributed by atoms with Gasteiger partial charge in [-0.15, -0.1) is 0 Å². The van der Waals surface area contributed by atoms with Gasteiger partial charge in [0.1, 0.15) is 11.8 Å². The number of carboxylic acids is 1. The maximum atomic E-state index is 13.1. The Morgan fingerprint density at radius 3 is 2.48 bits per heavy atom. The molecule has 6 nitrogen and oxygen atoms in total. The van der Waals surface area contributed by atoms with Crippen LogP contribution in [0.2, 0.25) is 5.02 Å². The predicted octanol–water partition coefficient (Wildman–Crippen LogP) is 3.83. The number of ether oxygens (including phenoxy) is 1. The lowest BCUT2D eigenvalue weighted by atomic mass is 10.0. The second-order valence-electron chi connectivity index (χ2n) is 6.02. The first kappa shape index (κ1) is 20.7. The van der Waals surface area contributed by atoms with Crippen LogP contribution in [-0.2, 0) is 9.59 Å². The Kier molecular flexibility index (Phi) is 7.64. The van der Waals surface area contributed by atoms with Gasteiger partial charge in [0.25, 0.3) is 0 Å². The third-order valence-electron chi connectivity index (χ3n) is 4.00. The van der Waals surface area contributed by atoms with Gasteiger partial charge in [-0.1, -0.05) is 48.9 Å². The van der Waals surface area contributed by atoms with Crippen LogP contribution in [-0.4, -0.2) is 42.1 Å². The fourth-order valence-corrected chi connectivity index (χ4v) is 3.14. The lowest BCUT2D eigenvalue weighted by molar-refractivity contribution is -0.139.